The van der Waals surface area contributed by atoms with Crippen molar-refractivity contribution in [2.75, 3.05) is 5.43 Å². The Labute approximate surface area is 100 Å². The maximum atomic E-state index is 11.3. The number of rotatable bonds is 2. The van der Waals surface area contributed by atoms with Crippen molar-refractivity contribution >= 4 is 11.8 Å². The average Bonchev–Trinajstić information content (AvgIpc) is 2.24. The predicted molar refractivity (Wildman–Crippen MR) is 64.1 cm³/mol. The molecule has 0 fully saturated rings. The molecule has 5 nitrogen and oxygen atoms in total. The first-order valence-corrected chi connectivity index (χ1v) is 5.16. The Morgan fingerprint density at radius 2 is 2.12 bits per heavy atom. The maximum absolute atomic E-state index is 11.3. The molecule has 1 amide bonds. The number of carbonyl (C=O) groups is 1. The number of nitrogens with zero attached hydrogens (tertiary/aromatic N) is 1. The highest BCUT2D eigenvalue weighted by atomic mass is 16.6. The van der Waals surface area contributed by atoms with Crippen LogP contribution in [0.3, 0.4) is 0 Å². The van der Waals surface area contributed by atoms with Crippen LogP contribution in [0.25, 0.3) is 0 Å². The van der Waals surface area contributed by atoms with Crippen LogP contribution >= 0.6 is 0 Å². The van der Waals surface area contributed by atoms with Gasteiger partial charge in [0.15, 0.2) is 0 Å². The van der Waals surface area contributed by atoms with Gasteiger partial charge in [0.1, 0.15) is 5.60 Å². The minimum Gasteiger partial charge on any atom is -0.443 e. The smallest absolute Gasteiger partial charge is 0.426 e. The Morgan fingerprint density at radius 3 is 2.71 bits per heavy atom. The van der Waals surface area contributed by atoms with Gasteiger partial charge >= 0.3 is 6.09 Å². The third-order valence-electron chi connectivity index (χ3n) is 1.70. The van der Waals surface area contributed by atoms with E-state index in [4.69, 9.17) is 10.00 Å². The van der Waals surface area contributed by atoms with Crippen LogP contribution in [0, 0.1) is 11.3 Å². The Kier molecular flexibility index (Phi) is 3.94. The second kappa shape index (κ2) is 5.21. The van der Waals surface area contributed by atoms with Crippen molar-refractivity contribution in [1.82, 2.24) is 5.43 Å². The summed E-state index contributed by atoms with van der Waals surface area (Å²) in [5.74, 6) is 0. The molecule has 1 aromatic carbocycles. The third-order valence-corrected chi connectivity index (χ3v) is 1.70. The monoisotopic (exact) mass is 233 g/mol. The molecule has 0 atom stereocenters. The Balaban J connectivity index is 2.51. The van der Waals surface area contributed by atoms with Gasteiger partial charge in [0, 0.05) is 0 Å². The molecule has 0 aliphatic rings. The summed E-state index contributed by atoms with van der Waals surface area (Å²) in [6.45, 7) is 5.34. The fourth-order valence-electron chi connectivity index (χ4n) is 1.09. The minimum atomic E-state index is -0.570. The number of hydrogen-bond acceptors (Lipinski definition) is 4. The first-order valence-electron chi connectivity index (χ1n) is 5.16. The third kappa shape index (κ3) is 4.89. The van der Waals surface area contributed by atoms with Gasteiger partial charge < -0.3 is 4.74 Å². The lowest BCUT2D eigenvalue weighted by Gasteiger charge is -2.20. The average molecular weight is 233 g/mol. The number of nitriles is 1. The van der Waals surface area contributed by atoms with Gasteiger partial charge in [-0.3, -0.25) is 5.43 Å². The van der Waals surface area contributed by atoms with Crippen LogP contribution in [-0.2, 0) is 4.74 Å². The summed E-state index contributed by atoms with van der Waals surface area (Å²) < 4.78 is 5.04. The van der Waals surface area contributed by atoms with Crippen LogP contribution < -0.4 is 10.9 Å². The van der Waals surface area contributed by atoms with E-state index in [0.29, 0.717) is 11.3 Å². The van der Waals surface area contributed by atoms with Crippen molar-refractivity contribution in [3.63, 3.8) is 0 Å². The van der Waals surface area contributed by atoms with E-state index in [1.165, 1.54) is 0 Å². The molecule has 2 N–H and O–H groups in total. The highest BCUT2D eigenvalue weighted by molar-refractivity contribution is 5.69. The Hall–Kier alpha value is -2.22. The highest BCUT2D eigenvalue weighted by Crippen LogP contribution is 2.09. The van der Waals surface area contributed by atoms with E-state index in [1.54, 1.807) is 45.0 Å². The van der Waals surface area contributed by atoms with E-state index in [1.807, 2.05) is 6.07 Å². The van der Waals surface area contributed by atoms with E-state index in [-0.39, 0.29) is 0 Å². The predicted octanol–water partition coefficient (Wildman–Crippen LogP) is 2.41. The van der Waals surface area contributed by atoms with Crippen molar-refractivity contribution < 1.29 is 9.53 Å². The normalized spacial score (nSPS) is 10.2. The number of amides is 1. The van der Waals surface area contributed by atoms with Gasteiger partial charge in [0.25, 0.3) is 0 Å². The van der Waals surface area contributed by atoms with Gasteiger partial charge in [0.05, 0.1) is 17.3 Å². The summed E-state index contributed by atoms with van der Waals surface area (Å²) in [6.07, 6.45) is -0.570. The minimum absolute atomic E-state index is 0.515. The maximum Gasteiger partial charge on any atom is 0.426 e. The van der Waals surface area contributed by atoms with E-state index in [9.17, 15) is 4.79 Å². The lowest BCUT2D eigenvalue weighted by atomic mass is 10.2. The fourth-order valence-corrected chi connectivity index (χ4v) is 1.09. The summed E-state index contributed by atoms with van der Waals surface area (Å²) in [7, 11) is 0. The Morgan fingerprint density at radius 1 is 1.41 bits per heavy atom. The molecule has 0 unspecified atom stereocenters. The van der Waals surface area contributed by atoms with Gasteiger partial charge in [0.2, 0.25) is 0 Å². The van der Waals surface area contributed by atoms with Crippen LogP contribution in [0.4, 0.5) is 10.5 Å². The SMILES string of the molecule is CC(C)(C)OC(=O)NNc1cccc(C#N)c1. The van der Waals surface area contributed by atoms with Crippen LogP contribution in [0.15, 0.2) is 24.3 Å². The van der Waals surface area contributed by atoms with Gasteiger partial charge in [-0.2, -0.15) is 5.26 Å². The zero-order valence-corrected chi connectivity index (χ0v) is 10.1. The standard InChI is InChI=1S/C12H15N3O2/c1-12(2,3)17-11(16)15-14-10-6-4-5-9(7-10)8-13/h4-7,14H,1-3H3,(H,15,16). The van der Waals surface area contributed by atoms with Gasteiger partial charge in [-0.1, -0.05) is 6.07 Å². The summed E-state index contributed by atoms with van der Waals surface area (Å²) in [6, 6.07) is 8.77. The molecule has 5 heteroatoms. The number of nitrogens with one attached hydrogen (secondary N) is 2. The molecule has 0 saturated carbocycles. The zero-order chi connectivity index (χ0) is 12.9. The molecule has 0 aliphatic heterocycles. The van der Waals surface area contributed by atoms with E-state index in [0.717, 1.165) is 0 Å². The number of ether oxygens (including phenoxy) is 1. The van der Waals surface area contributed by atoms with Crippen LogP contribution in [0.1, 0.15) is 26.3 Å². The molecule has 1 aromatic rings. The van der Waals surface area contributed by atoms with Crippen molar-refractivity contribution in [1.29, 1.82) is 5.26 Å². The molecule has 90 valence electrons. The largest absolute Gasteiger partial charge is 0.443 e. The van der Waals surface area contributed by atoms with Crippen molar-refractivity contribution in [2.45, 2.75) is 26.4 Å². The molecule has 0 aliphatic carbocycles. The molecule has 1 rings (SSSR count). The molecule has 17 heavy (non-hydrogen) atoms. The van der Waals surface area contributed by atoms with E-state index >= 15 is 0 Å². The topological polar surface area (TPSA) is 74.2 Å². The molecule has 0 saturated heterocycles. The molecule has 0 aromatic heterocycles. The number of hydrogen-bond donors (Lipinski definition) is 2. The second-order valence-corrected chi connectivity index (χ2v) is 4.44. The van der Waals surface area contributed by atoms with E-state index < -0.39 is 11.7 Å². The lowest BCUT2D eigenvalue weighted by Crippen LogP contribution is -2.35. The van der Waals surface area contributed by atoms with Crippen LogP contribution in [0.2, 0.25) is 0 Å². The van der Waals surface area contributed by atoms with E-state index in [2.05, 4.69) is 10.9 Å². The molecule has 0 heterocycles. The van der Waals surface area contributed by atoms with Crippen LogP contribution in [-0.4, -0.2) is 11.7 Å². The first kappa shape index (κ1) is 12.8. The molecular formula is C12H15N3O2. The summed E-state index contributed by atoms with van der Waals surface area (Å²) in [4.78, 5) is 11.3. The molecular weight excluding hydrogens is 218 g/mol. The molecule has 0 radical (unpaired) electrons. The molecule has 0 spiro atoms. The van der Waals surface area contributed by atoms with Gasteiger partial charge in [-0.05, 0) is 39.0 Å². The van der Waals surface area contributed by atoms with Gasteiger partial charge in [-0.25, -0.2) is 10.2 Å². The Bertz CT molecular complexity index is 444. The van der Waals surface area contributed by atoms with Crippen molar-refractivity contribution in [3.8, 4) is 6.07 Å². The second-order valence-electron chi connectivity index (χ2n) is 4.44. The van der Waals surface area contributed by atoms with Crippen molar-refractivity contribution in [2.24, 2.45) is 0 Å². The summed E-state index contributed by atoms with van der Waals surface area (Å²) in [5, 5.41) is 8.70. The van der Waals surface area contributed by atoms with Gasteiger partial charge in [-0.15, -0.1) is 0 Å². The summed E-state index contributed by atoms with van der Waals surface area (Å²) >= 11 is 0. The number of anilines is 1. The van der Waals surface area contributed by atoms with Crippen LogP contribution in [0.5, 0.6) is 0 Å². The lowest BCUT2D eigenvalue weighted by molar-refractivity contribution is 0.0541. The number of hydrazine groups is 1. The van der Waals surface area contributed by atoms with Crippen molar-refractivity contribution in [3.05, 3.63) is 29.8 Å². The zero-order valence-electron chi connectivity index (χ0n) is 10.1. The molecule has 0 bridgehead atoms. The number of benzene rings is 1. The summed E-state index contributed by atoms with van der Waals surface area (Å²) in [5.41, 5.74) is 5.65. The number of carbonyl (C=O) groups excluding carboxylic acids is 1. The highest BCUT2D eigenvalue weighted by Gasteiger charge is 2.15. The fraction of sp³-hybridized carbons (Fsp3) is 0.333. The first-order chi connectivity index (χ1) is 7.90. The quantitative estimate of drug-likeness (QED) is 0.769.